The molecule has 0 saturated heterocycles. The number of carbonyl (C=O) groups is 1. The molecule has 0 spiro atoms. The predicted molar refractivity (Wildman–Crippen MR) is 86.6 cm³/mol. The van der Waals surface area contributed by atoms with E-state index in [0.29, 0.717) is 28.5 Å². The van der Waals surface area contributed by atoms with E-state index in [9.17, 15) is 4.79 Å². The van der Waals surface area contributed by atoms with Gasteiger partial charge in [0.1, 0.15) is 17.0 Å². The van der Waals surface area contributed by atoms with Crippen LogP contribution in [0.1, 0.15) is 23.2 Å². The highest BCUT2D eigenvalue weighted by atomic mass is 16.5. The van der Waals surface area contributed by atoms with Crippen LogP contribution in [0.25, 0.3) is 0 Å². The molecule has 1 aliphatic rings. The zero-order chi connectivity index (χ0) is 16.2. The maximum absolute atomic E-state index is 12.6. The summed E-state index contributed by atoms with van der Waals surface area (Å²) in [7, 11) is 3.10. The van der Waals surface area contributed by atoms with E-state index < -0.39 is 0 Å². The molecule has 0 bridgehead atoms. The third-order valence-corrected chi connectivity index (χ3v) is 3.92. The minimum Gasteiger partial charge on any atom is -0.497 e. The van der Waals surface area contributed by atoms with Crippen LogP contribution in [0.15, 0.2) is 47.6 Å². The van der Waals surface area contributed by atoms with Gasteiger partial charge < -0.3 is 14.0 Å². The van der Waals surface area contributed by atoms with E-state index in [0.717, 1.165) is 6.54 Å². The summed E-state index contributed by atoms with van der Waals surface area (Å²) in [5.41, 5.74) is 1.06. The van der Waals surface area contributed by atoms with Gasteiger partial charge in [-0.2, -0.15) is 4.99 Å². The van der Waals surface area contributed by atoms with Crippen LogP contribution in [-0.2, 0) is 6.54 Å². The number of hydrogen-bond acceptors (Lipinski definition) is 3. The van der Waals surface area contributed by atoms with Crippen molar-refractivity contribution in [2.45, 2.75) is 19.4 Å². The van der Waals surface area contributed by atoms with Crippen LogP contribution in [0.4, 0.5) is 0 Å². The third-order valence-electron chi connectivity index (χ3n) is 3.92. The third kappa shape index (κ3) is 3.62. The summed E-state index contributed by atoms with van der Waals surface area (Å²) >= 11 is 0. The first kappa shape index (κ1) is 15.3. The van der Waals surface area contributed by atoms with Crippen molar-refractivity contribution in [2.75, 3.05) is 14.2 Å². The Kier molecular flexibility index (Phi) is 4.46. The molecule has 2 aromatic rings. The minimum absolute atomic E-state index is 0.337. The van der Waals surface area contributed by atoms with Crippen LogP contribution in [0, 0.1) is 5.92 Å². The number of ether oxygens (including phenoxy) is 2. The van der Waals surface area contributed by atoms with Crippen molar-refractivity contribution in [1.29, 1.82) is 0 Å². The SMILES string of the molecule is COc1ccc(OC)c(C(=O)/N=c2\ccccn2CC2CC2)c1. The van der Waals surface area contributed by atoms with Crippen LogP contribution >= 0.6 is 0 Å². The molecule has 1 aromatic carbocycles. The quantitative estimate of drug-likeness (QED) is 0.853. The Bertz CT molecular complexity index is 776. The lowest BCUT2D eigenvalue weighted by molar-refractivity contribution is 0.0993. The molecule has 1 heterocycles. The number of carbonyl (C=O) groups excluding carboxylic acids is 1. The largest absolute Gasteiger partial charge is 0.497 e. The van der Waals surface area contributed by atoms with Gasteiger partial charge in [0.15, 0.2) is 0 Å². The predicted octanol–water partition coefficient (Wildman–Crippen LogP) is 2.66. The Hall–Kier alpha value is -2.56. The normalized spacial score (nSPS) is 14.6. The Morgan fingerprint density at radius 3 is 2.74 bits per heavy atom. The number of methoxy groups -OCH3 is 2. The summed E-state index contributed by atoms with van der Waals surface area (Å²) < 4.78 is 12.5. The fourth-order valence-electron chi connectivity index (χ4n) is 2.45. The lowest BCUT2D eigenvalue weighted by Gasteiger charge is -2.08. The van der Waals surface area contributed by atoms with E-state index in [1.807, 2.05) is 29.0 Å². The highest BCUT2D eigenvalue weighted by Crippen LogP contribution is 2.30. The Morgan fingerprint density at radius 2 is 2.04 bits per heavy atom. The molecular weight excluding hydrogens is 292 g/mol. The molecule has 1 aliphatic carbocycles. The summed E-state index contributed by atoms with van der Waals surface area (Å²) in [5.74, 6) is 1.46. The smallest absolute Gasteiger partial charge is 0.282 e. The molecule has 5 heteroatoms. The monoisotopic (exact) mass is 312 g/mol. The highest BCUT2D eigenvalue weighted by Gasteiger charge is 2.21. The first-order valence-electron chi connectivity index (χ1n) is 7.68. The molecule has 1 fully saturated rings. The van der Waals surface area contributed by atoms with E-state index >= 15 is 0 Å². The first-order chi connectivity index (χ1) is 11.2. The second-order valence-electron chi connectivity index (χ2n) is 5.64. The lowest BCUT2D eigenvalue weighted by atomic mass is 10.2. The van der Waals surface area contributed by atoms with Gasteiger partial charge in [0.25, 0.3) is 5.91 Å². The second-order valence-corrected chi connectivity index (χ2v) is 5.64. The molecule has 23 heavy (non-hydrogen) atoms. The number of rotatable bonds is 5. The molecule has 120 valence electrons. The van der Waals surface area contributed by atoms with Gasteiger partial charge in [-0.25, -0.2) is 0 Å². The van der Waals surface area contributed by atoms with Crippen molar-refractivity contribution < 1.29 is 14.3 Å². The van der Waals surface area contributed by atoms with Crippen molar-refractivity contribution in [3.05, 3.63) is 53.6 Å². The lowest BCUT2D eigenvalue weighted by Crippen LogP contribution is -2.22. The standard InChI is InChI=1S/C18H20N2O3/c1-22-14-8-9-16(23-2)15(11-14)18(21)19-17-5-3-4-10-20(17)12-13-6-7-13/h3-5,8-11,13H,6-7,12H2,1-2H3/b19-17+. The molecule has 0 aliphatic heterocycles. The van der Waals surface area contributed by atoms with Gasteiger partial charge in [-0.1, -0.05) is 6.07 Å². The molecule has 0 radical (unpaired) electrons. The summed E-state index contributed by atoms with van der Waals surface area (Å²) in [6, 6.07) is 10.8. The molecule has 0 atom stereocenters. The van der Waals surface area contributed by atoms with Crippen LogP contribution in [0.5, 0.6) is 11.5 Å². The maximum Gasteiger partial charge on any atom is 0.282 e. The Balaban J connectivity index is 1.97. The molecule has 0 N–H and O–H groups in total. The average Bonchev–Trinajstić information content (AvgIpc) is 3.40. The van der Waals surface area contributed by atoms with Gasteiger partial charge in [-0.15, -0.1) is 0 Å². The molecule has 1 amide bonds. The van der Waals surface area contributed by atoms with E-state index in [4.69, 9.17) is 9.47 Å². The van der Waals surface area contributed by atoms with Crippen LogP contribution in [-0.4, -0.2) is 24.7 Å². The van der Waals surface area contributed by atoms with Gasteiger partial charge in [0.05, 0.1) is 19.8 Å². The first-order valence-corrected chi connectivity index (χ1v) is 7.68. The van der Waals surface area contributed by atoms with E-state index in [-0.39, 0.29) is 5.91 Å². The number of aromatic nitrogens is 1. The minimum atomic E-state index is -0.337. The van der Waals surface area contributed by atoms with E-state index in [1.54, 1.807) is 25.3 Å². The maximum atomic E-state index is 12.6. The summed E-state index contributed by atoms with van der Waals surface area (Å²) in [5, 5.41) is 0. The van der Waals surface area contributed by atoms with E-state index in [1.165, 1.54) is 20.0 Å². The molecule has 1 saturated carbocycles. The van der Waals surface area contributed by atoms with Gasteiger partial charge in [-0.05, 0) is 49.1 Å². The molecule has 3 rings (SSSR count). The zero-order valence-electron chi connectivity index (χ0n) is 13.4. The number of benzene rings is 1. The van der Waals surface area contributed by atoms with Crippen molar-refractivity contribution in [1.82, 2.24) is 4.57 Å². The fraction of sp³-hybridized carbons (Fsp3) is 0.333. The topological polar surface area (TPSA) is 52.8 Å². The number of hydrogen-bond donors (Lipinski definition) is 0. The number of pyridine rings is 1. The fourth-order valence-corrected chi connectivity index (χ4v) is 2.45. The van der Waals surface area contributed by atoms with Gasteiger partial charge in [0, 0.05) is 12.7 Å². The Labute approximate surface area is 135 Å². The van der Waals surface area contributed by atoms with Gasteiger partial charge >= 0.3 is 0 Å². The van der Waals surface area contributed by atoms with Crippen LogP contribution in [0.2, 0.25) is 0 Å². The van der Waals surface area contributed by atoms with Crippen molar-refractivity contribution >= 4 is 5.91 Å². The van der Waals surface area contributed by atoms with Crippen molar-refractivity contribution in [3.8, 4) is 11.5 Å². The zero-order valence-corrected chi connectivity index (χ0v) is 13.4. The Morgan fingerprint density at radius 1 is 1.22 bits per heavy atom. The average molecular weight is 312 g/mol. The van der Waals surface area contributed by atoms with Crippen molar-refractivity contribution in [3.63, 3.8) is 0 Å². The van der Waals surface area contributed by atoms with Crippen LogP contribution in [0.3, 0.4) is 0 Å². The molecule has 5 nitrogen and oxygen atoms in total. The highest BCUT2D eigenvalue weighted by molar-refractivity contribution is 5.98. The number of nitrogens with zero attached hydrogens (tertiary/aromatic N) is 2. The van der Waals surface area contributed by atoms with Crippen LogP contribution < -0.4 is 15.0 Å². The number of amides is 1. The summed E-state index contributed by atoms with van der Waals surface area (Å²) in [6.07, 6.45) is 4.46. The van der Waals surface area contributed by atoms with Crippen molar-refractivity contribution in [2.24, 2.45) is 10.9 Å². The van der Waals surface area contributed by atoms with Gasteiger partial charge in [-0.3, -0.25) is 4.79 Å². The summed E-state index contributed by atoms with van der Waals surface area (Å²) in [6.45, 7) is 0.905. The van der Waals surface area contributed by atoms with Gasteiger partial charge in [0.2, 0.25) is 0 Å². The molecule has 0 unspecified atom stereocenters. The second kappa shape index (κ2) is 6.69. The molecule has 1 aromatic heterocycles. The molecular formula is C18H20N2O3. The van der Waals surface area contributed by atoms with E-state index in [2.05, 4.69) is 4.99 Å². The summed E-state index contributed by atoms with van der Waals surface area (Å²) in [4.78, 5) is 16.9.